The lowest BCUT2D eigenvalue weighted by Crippen LogP contribution is -2.25. The lowest BCUT2D eigenvalue weighted by molar-refractivity contribution is 0.562. The van der Waals surface area contributed by atoms with Crippen molar-refractivity contribution >= 4 is 39.2 Å². The van der Waals surface area contributed by atoms with Gasteiger partial charge in [0.15, 0.2) is 5.65 Å². The SMILES string of the molecule is CC(C)c1cc(Br)c2nc(C=N[S+]([O-])C(C)(C)C)cn2c1. The van der Waals surface area contributed by atoms with Crippen molar-refractivity contribution in [3.05, 3.63) is 34.2 Å². The number of nitrogens with zero attached hydrogens (tertiary/aromatic N) is 3. The normalized spacial score (nSPS) is 14.5. The summed E-state index contributed by atoms with van der Waals surface area (Å²) in [6.45, 7) is 10.00. The second kappa shape index (κ2) is 6.10. The van der Waals surface area contributed by atoms with Crippen molar-refractivity contribution < 1.29 is 4.55 Å². The molecule has 114 valence electrons. The van der Waals surface area contributed by atoms with Gasteiger partial charge in [-0.1, -0.05) is 18.2 Å². The highest BCUT2D eigenvalue weighted by Gasteiger charge is 2.25. The van der Waals surface area contributed by atoms with Crippen molar-refractivity contribution in [3.8, 4) is 0 Å². The zero-order valence-corrected chi connectivity index (χ0v) is 15.3. The van der Waals surface area contributed by atoms with Crippen molar-refractivity contribution in [3.63, 3.8) is 0 Å². The Morgan fingerprint density at radius 1 is 1.38 bits per heavy atom. The Morgan fingerprint density at radius 2 is 2.05 bits per heavy atom. The first-order valence-corrected chi connectivity index (χ1v) is 8.72. The minimum atomic E-state index is -1.27. The first kappa shape index (κ1) is 16.5. The van der Waals surface area contributed by atoms with Crippen LogP contribution in [0.25, 0.3) is 5.65 Å². The molecule has 1 unspecified atom stereocenters. The summed E-state index contributed by atoms with van der Waals surface area (Å²) in [6, 6.07) is 2.08. The van der Waals surface area contributed by atoms with E-state index >= 15 is 0 Å². The van der Waals surface area contributed by atoms with Crippen LogP contribution in [0.2, 0.25) is 0 Å². The van der Waals surface area contributed by atoms with E-state index in [9.17, 15) is 4.55 Å². The van der Waals surface area contributed by atoms with Gasteiger partial charge in [0.1, 0.15) is 28.0 Å². The summed E-state index contributed by atoms with van der Waals surface area (Å²) in [6.07, 6.45) is 5.54. The third kappa shape index (κ3) is 3.87. The number of aromatic nitrogens is 2. The summed E-state index contributed by atoms with van der Waals surface area (Å²) >= 11 is 2.29. The van der Waals surface area contributed by atoms with Crippen LogP contribution in [-0.4, -0.2) is 24.9 Å². The van der Waals surface area contributed by atoms with Gasteiger partial charge >= 0.3 is 0 Å². The van der Waals surface area contributed by atoms with E-state index in [2.05, 4.69) is 51.4 Å². The third-order valence-corrected chi connectivity index (χ3v) is 4.95. The first-order valence-electron chi connectivity index (χ1n) is 6.82. The van der Waals surface area contributed by atoms with Crippen LogP contribution in [0, 0.1) is 0 Å². The van der Waals surface area contributed by atoms with Crippen molar-refractivity contribution in [2.75, 3.05) is 0 Å². The molecular weight excluding hydrogens is 350 g/mol. The van der Waals surface area contributed by atoms with E-state index in [1.165, 1.54) is 5.56 Å². The molecule has 0 aliphatic heterocycles. The molecule has 0 saturated heterocycles. The summed E-state index contributed by atoms with van der Waals surface area (Å²) in [5, 5.41) is 0. The maximum Gasteiger partial charge on any atom is 0.151 e. The third-order valence-electron chi connectivity index (χ3n) is 3.02. The lowest BCUT2D eigenvalue weighted by Gasteiger charge is -2.17. The van der Waals surface area contributed by atoms with Crippen LogP contribution in [0.1, 0.15) is 51.8 Å². The van der Waals surface area contributed by atoms with E-state index in [4.69, 9.17) is 0 Å². The fourth-order valence-electron chi connectivity index (χ4n) is 1.73. The van der Waals surface area contributed by atoms with E-state index in [1.807, 2.05) is 31.4 Å². The van der Waals surface area contributed by atoms with Crippen LogP contribution < -0.4 is 0 Å². The second-order valence-electron chi connectivity index (χ2n) is 6.27. The summed E-state index contributed by atoms with van der Waals surface area (Å²) in [5.41, 5.74) is 2.77. The van der Waals surface area contributed by atoms with Crippen LogP contribution in [0.15, 0.2) is 27.3 Å². The average molecular weight is 370 g/mol. The number of halogens is 1. The largest absolute Gasteiger partial charge is 0.591 e. The molecule has 2 aromatic rings. The van der Waals surface area contributed by atoms with Crippen molar-refractivity contribution in [2.45, 2.75) is 45.3 Å². The number of rotatable bonds is 3. The highest BCUT2D eigenvalue weighted by molar-refractivity contribution is 9.10. The van der Waals surface area contributed by atoms with Gasteiger partial charge in [0.2, 0.25) is 0 Å². The molecule has 6 heteroatoms. The minimum Gasteiger partial charge on any atom is -0.591 e. The van der Waals surface area contributed by atoms with Gasteiger partial charge in [0.25, 0.3) is 0 Å². The van der Waals surface area contributed by atoms with Crippen LogP contribution in [0.3, 0.4) is 0 Å². The molecule has 1 atom stereocenters. The molecule has 2 heterocycles. The highest BCUT2D eigenvalue weighted by atomic mass is 79.9. The van der Waals surface area contributed by atoms with Gasteiger partial charge in [-0.3, -0.25) is 0 Å². The standard InChI is InChI=1S/C15H20BrN3OS/c1-10(2)11-6-13(16)14-18-12(9-19(14)8-11)7-17-21(20)15(3,4)5/h6-10H,1-5H3. The summed E-state index contributed by atoms with van der Waals surface area (Å²) in [5.74, 6) is 0.443. The number of imidazole rings is 1. The van der Waals surface area contributed by atoms with E-state index in [1.54, 1.807) is 6.21 Å². The predicted octanol–water partition coefficient (Wildman–Crippen LogP) is 4.10. The number of pyridine rings is 1. The molecule has 0 fully saturated rings. The second-order valence-corrected chi connectivity index (χ2v) is 9.06. The fourth-order valence-corrected chi connectivity index (χ4v) is 2.81. The monoisotopic (exact) mass is 369 g/mol. The van der Waals surface area contributed by atoms with Crippen LogP contribution in [0.4, 0.5) is 0 Å². The van der Waals surface area contributed by atoms with E-state index in [0.29, 0.717) is 11.6 Å². The maximum absolute atomic E-state index is 11.9. The average Bonchev–Trinajstić information content (AvgIpc) is 2.78. The van der Waals surface area contributed by atoms with Crippen molar-refractivity contribution in [1.82, 2.24) is 9.38 Å². The van der Waals surface area contributed by atoms with Gasteiger partial charge in [0.05, 0.1) is 4.47 Å². The Kier molecular flexibility index (Phi) is 4.80. The Bertz CT molecular complexity index is 673. The lowest BCUT2D eigenvalue weighted by atomic mass is 10.1. The van der Waals surface area contributed by atoms with E-state index in [0.717, 1.165) is 10.1 Å². The Labute approximate surface area is 137 Å². The van der Waals surface area contributed by atoms with E-state index < -0.39 is 11.4 Å². The van der Waals surface area contributed by atoms with Gasteiger partial charge in [-0.25, -0.2) is 4.98 Å². The molecule has 0 bridgehead atoms. The van der Waals surface area contributed by atoms with Crippen LogP contribution in [0.5, 0.6) is 0 Å². The molecular formula is C15H20BrN3OS. The van der Waals surface area contributed by atoms with Crippen molar-refractivity contribution in [2.24, 2.45) is 4.40 Å². The number of fused-ring (bicyclic) bond motifs is 1. The van der Waals surface area contributed by atoms with Crippen LogP contribution in [-0.2, 0) is 11.4 Å². The number of hydrogen-bond donors (Lipinski definition) is 0. The van der Waals surface area contributed by atoms with Gasteiger partial charge in [0, 0.05) is 12.4 Å². The summed E-state index contributed by atoms with van der Waals surface area (Å²) < 4.78 is 18.6. The molecule has 0 N–H and O–H groups in total. The molecule has 0 aliphatic carbocycles. The molecule has 0 aromatic carbocycles. The van der Waals surface area contributed by atoms with Gasteiger partial charge in [-0.15, -0.1) is 0 Å². The van der Waals surface area contributed by atoms with Crippen molar-refractivity contribution in [1.29, 1.82) is 0 Å². The molecule has 0 amide bonds. The van der Waals surface area contributed by atoms with Gasteiger partial charge < -0.3 is 8.95 Å². The molecule has 0 aliphatic rings. The molecule has 4 nitrogen and oxygen atoms in total. The molecule has 2 rings (SSSR count). The first-order chi connectivity index (χ1) is 9.68. The predicted molar refractivity (Wildman–Crippen MR) is 92.5 cm³/mol. The fraction of sp³-hybridized carbons (Fsp3) is 0.467. The number of hydrogen-bond acceptors (Lipinski definition) is 3. The molecule has 2 aromatic heterocycles. The molecule has 21 heavy (non-hydrogen) atoms. The molecule has 0 saturated carbocycles. The summed E-state index contributed by atoms with van der Waals surface area (Å²) in [4.78, 5) is 4.50. The summed E-state index contributed by atoms with van der Waals surface area (Å²) in [7, 11) is 0. The molecule has 0 spiro atoms. The van der Waals surface area contributed by atoms with Gasteiger partial charge in [-0.05, 0) is 54.2 Å². The topological polar surface area (TPSA) is 52.7 Å². The quantitative estimate of drug-likeness (QED) is 0.603. The van der Waals surface area contributed by atoms with Crippen LogP contribution >= 0.6 is 15.9 Å². The highest BCUT2D eigenvalue weighted by Crippen LogP contribution is 2.24. The smallest absolute Gasteiger partial charge is 0.151 e. The Balaban J connectivity index is 2.35. The Hall–Kier alpha value is -0.850. The zero-order valence-electron chi connectivity index (χ0n) is 12.9. The minimum absolute atomic E-state index is 0.360. The van der Waals surface area contributed by atoms with E-state index in [-0.39, 0.29) is 4.75 Å². The molecule has 0 radical (unpaired) electrons. The zero-order chi connectivity index (χ0) is 15.8. The Morgan fingerprint density at radius 3 is 2.62 bits per heavy atom. The van der Waals surface area contributed by atoms with Gasteiger partial charge in [-0.2, -0.15) is 0 Å². The maximum atomic E-state index is 11.9.